The molecular weight excluding hydrogens is 314 g/mol. The Bertz CT molecular complexity index is 544. The summed E-state index contributed by atoms with van der Waals surface area (Å²) in [5.74, 6) is 0. The van der Waals surface area contributed by atoms with Gasteiger partial charge >= 0.3 is 0 Å². The van der Waals surface area contributed by atoms with Gasteiger partial charge in [0.15, 0.2) is 5.11 Å². The first-order valence-electron chi connectivity index (χ1n) is 8.29. The summed E-state index contributed by atoms with van der Waals surface area (Å²) in [5, 5.41) is 8.26. The van der Waals surface area contributed by atoms with Crippen LogP contribution >= 0.6 is 23.8 Å². The zero-order valence-corrected chi connectivity index (χ0v) is 14.2. The molecule has 3 fully saturated rings. The standard InChI is InChI=1S/C17H22ClN3S/c18-11-1-3-12(4-2-11)19-17(22)20-13-9-15-7-8-16(10-13)21(15)14-5-6-14/h1-4,13-16H,5-10H2,(H2,19,20,22)/t15-,16-/m1/s1. The van der Waals surface area contributed by atoms with Gasteiger partial charge in [0.25, 0.3) is 0 Å². The van der Waals surface area contributed by atoms with Gasteiger partial charge in [0.2, 0.25) is 0 Å². The second kappa shape index (κ2) is 5.99. The van der Waals surface area contributed by atoms with Crippen LogP contribution < -0.4 is 10.6 Å². The number of rotatable bonds is 3. The monoisotopic (exact) mass is 335 g/mol. The summed E-state index contributed by atoms with van der Waals surface area (Å²) < 4.78 is 0. The highest BCUT2D eigenvalue weighted by atomic mass is 35.5. The van der Waals surface area contributed by atoms with E-state index in [4.69, 9.17) is 23.8 Å². The average Bonchev–Trinajstić information content (AvgIpc) is 3.28. The lowest BCUT2D eigenvalue weighted by Gasteiger charge is -2.39. The molecule has 0 spiro atoms. The van der Waals surface area contributed by atoms with Crippen molar-refractivity contribution in [2.75, 3.05) is 5.32 Å². The number of benzene rings is 1. The van der Waals surface area contributed by atoms with E-state index < -0.39 is 0 Å². The summed E-state index contributed by atoms with van der Waals surface area (Å²) >= 11 is 11.4. The number of hydrogen-bond acceptors (Lipinski definition) is 2. The van der Waals surface area contributed by atoms with Crippen LogP contribution in [-0.2, 0) is 0 Å². The first kappa shape index (κ1) is 14.7. The number of piperidine rings is 1. The fourth-order valence-corrected chi connectivity index (χ4v) is 4.60. The second-order valence-corrected chi connectivity index (χ2v) is 7.68. The molecule has 0 radical (unpaired) electrons. The zero-order chi connectivity index (χ0) is 15.1. The first-order valence-corrected chi connectivity index (χ1v) is 9.08. The Morgan fingerprint density at radius 1 is 1.00 bits per heavy atom. The number of nitrogens with one attached hydrogen (secondary N) is 2. The Morgan fingerprint density at radius 3 is 2.18 bits per heavy atom. The molecule has 5 heteroatoms. The summed E-state index contributed by atoms with van der Waals surface area (Å²) in [5.41, 5.74) is 0.986. The van der Waals surface area contributed by atoms with Crippen LogP contribution in [0.2, 0.25) is 5.02 Å². The van der Waals surface area contributed by atoms with Crippen molar-refractivity contribution in [1.29, 1.82) is 0 Å². The van der Waals surface area contributed by atoms with Crippen LogP contribution in [0.15, 0.2) is 24.3 Å². The zero-order valence-electron chi connectivity index (χ0n) is 12.6. The minimum absolute atomic E-state index is 0.514. The van der Waals surface area contributed by atoms with Gasteiger partial charge in [-0.2, -0.15) is 0 Å². The van der Waals surface area contributed by atoms with Gasteiger partial charge in [0, 0.05) is 34.9 Å². The summed E-state index contributed by atoms with van der Waals surface area (Å²) in [6.07, 6.45) is 8.04. The van der Waals surface area contributed by atoms with Crippen LogP contribution in [-0.4, -0.2) is 34.2 Å². The summed E-state index contributed by atoms with van der Waals surface area (Å²) in [4.78, 5) is 2.81. The van der Waals surface area contributed by atoms with E-state index in [0.717, 1.165) is 33.9 Å². The fourth-order valence-electron chi connectivity index (χ4n) is 4.19. The predicted molar refractivity (Wildman–Crippen MR) is 95.5 cm³/mol. The lowest BCUT2D eigenvalue weighted by atomic mass is 9.97. The number of hydrogen-bond donors (Lipinski definition) is 2. The van der Waals surface area contributed by atoms with Gasteiger partial charge in [-0.3, -0.25) is 4.90 Å². The molecular formula is C17H22ClN3S. The van der Waals surface area contributed by atoms with Crippen molar-refractivity contribution < 1.29 is 0 Å². The second-order valence-electron chi connectivity index (χ2n) is 6.84. The van der Waals surface area contributed by atoms with E-state index in [-0.39, 0.29) is 0 Å². The first-order chi connectivity index (χ1) is 10.7. The molecule has 2 heterocycles. The molecule has 1 aromatic rings. The number of thiocarbonyl (C=S) groups is 1. The third kappa shape index (κ3) is 3.10. The van der Waals surface area contributed by atoms with E-state index in [0.29, 0.717) is 6.04 Å². The minimum atomic E-state index is 0.514. The van der Waals surface area contributed by atoms with Crippen LogP contribution in [0, 0.1) is 0 Å². The van der Waals surface area contributed by atoms with Crippen molar-refractivity contribution in [2.24, 2.45) is 0 Å². The maximum Gasteiger partial charge on any atom is 0.170 e. The summed E-state index contributed by atoms with van der Waals surface area (Å²) in [7, 11) is 0. The van der Waals surface area contributed by atoms with E-state index in [1.165, 1.54) is 38.5 Å². The normalized spacial score (nSPS) is 31.0. The molecule has 2 saturated heterocycles. The Morgan fingerprint density at radius 2 is 1.59 bits per heavy atom. The molecule has 22 heavy (non-hydrogen) atoms. The van der Waals surface area contributed by atoms with Gasteiger partial charge in [-0.05, 0) is 75.0 Å². The van der Waals surface area contributed by atoms with E-state index in [2.05, 4.69) is 15.5 Å². The van der Waals surface area contributed by atoms with Crippen LogP contribution in [0.1, 0.15) is 38.5 Å². The molecule has 0 aromatic heterocycles. The fraction of sp³-hybridized carbons (Fsp3) is 0.588. The highest BCUT2D eigenvalue weighted by molar-refractivity contribution is 7.80. The van der Waals surface area contributed by atoms with Crippen LogP contribution in [0.4, 0.5) is 5.69 Å². The molecule has 2 atom stereocenters. The van der Waals surface area contributed by atoms with Crippen LogP contribution in [0.3, 0.4) is 0 Å². The predicted octanol–water partition coefficient (Wildman–Crippen LogP) is 3.78. The number of anilines is 1. The Labute approximate surface area is 142 Å². The highest BCUT2D eigenvalue weighted by Gasteiger charge is 2.46. The largest absolute Gasteiger partial charge is 0.360 e. The summed E-state index contributed by atoms with van der Waals surface area (Å²) in [6.45, 7) is 0. The van der Waals surface area contributed by atoms with E-state index in [1.54, 1.807) is 0 Å². The lowest BCUT2D eigenvalue weighted by molar-refractivity contribution is 0.114. The maximum absolute atomic E-state index is 5.91. The molecule has 3 nitrogen and oxygen atoms in total. The molecule has 1 aromatic carbocycles. The SMILES string of the molecule is S=C(Nc1ccc(Cl)cc1)NC1C[C@H]2CC[C@H](C1)N2C1CC1. The third-order valence-electron chi connectivity index (χ3n) is 5.20. The maximum atomic E-state index is 5.91. The van der Waals surface area contributed by atoms with E-state index in [9.17, 15) is 0 Å². The molecule has 1 saturated carbocycles. The third-order valence-corrected chi connectivity index (χ3v) is 5.67. The topological polar surface area (TPSA) is 27.3 Å². The molecule has 2 bridgehead atoms. The molecule has 4 rings (SSSR count). The van der Waals surface area contributed by atoms with Crippen molar-refractivity contribution in [3.05, 3.63) is 29.3 Å². The molecule has 2 N–H and O–H groups in total. The Hall–Kier alpha value is -0.840. The van der Waals surface area contributed by atoms with Crippen LogP contribution in [0.25, 0.3) is 0 Å². The van der Waals surface area contributed by atoms with Gasteiger partial charge in [-0.15, -0.1) is 0 Å². The van der Waals surface area contributed by atoms with Gasteiger partial charge in [0.05, 0.1) is 0 Å². The van der Waals surface area contributed by atoms with Crippen molar-refractivity contribution in [1.82, 2.24) is 10.2 Å². The molecule has 0 amide bonds. The minimum Gasteiger partial charge on any atom is -0.360 e. The highest BCUT2D eigenvalue weighted by Crippen LogP contribution is 2.43. The van der Waals surface area contributed by atoms with Gasteiger partial charge < -0.3 is 10.6 Å². The van der Waals surface area contributed by atoms with E-state index >= 15 is 0 Å². The molecule has 0 unspecified atom stereocenters. The van der Waals surface area contributed by atoms with Crippen LogP contribution in [0.5, 0.6) is 0 Å². The lowest BCUT2D eigenvalue weighted by Crippen LogP contribution is -2.51. The average molecular weight is 336 g/mol. The van der Waals surface area contributed by atoms with Crippen molar-refractivity contribution in [2.45, 2.75) is 62.7 Å². The van der Waals surface area contributed by atoms with Gasteiger partial charge in [0.1, 0.15) is 0 Å². The Kier molecular flexibility index (Phi) is 4.01. The number of halogens is 1. The summed E-state index contributed by atoms with van der Waals surface area (Å²) in [6, 6.07) is 10.6. The van der Waals surface area contributed by atoms with Crippen molar-refractivity contribution >= 4 is 34.6 Å². The quantitative estimate of drug-likeness (QED) is 0.822. The molecule has 118 valence electrons. The Balaban J connectivity index is 1.32. The molecule has 1 aliphatic carbocycles. The van der Waals surface area contributed by atoms with Crippen molar-refractivity contribution in [3.63, 3.8) is 0 Å². The smallest absolute Gasteiger partial charge is 0.170 e. The van der Waals surface area contributed by atoms with Gasteiger partial charge in [-0.25, -0.2) is 0 Å². The molecule has 3 aliphatic rings. The number of nitrogens with zero attached hydrogens (tertiary/aromatic N) is 1. The molecule has 2 aliphatic heterocycles. The van der Waals surface area contributed by atoms with Gasteiger partial charge in [-0.1, -0.05) is 11.6 Å². The number of fused-ring (bicyclic) bond motifs is 2. The van der Waals surface area contributed by atoms with Crippen molar-refractivity contribution in [3.8, 4) is 0 Å². The van der Waals surface area contributed by atoms with E-state index in [1.807, 2.05) is 24.3 Å².